The molecule has 2 heteroatoms. The molecule has 2 nitrogen and oxygen atoms in total. The third kappa shape index (κ3) is 4.46. The lowest BCUT2D eigenvalue weighted by Crippen LogP contribution is -2.44. The molecule has 112 valence electrons. The van der Waals surface area contributed by atoms with Gasteiger partial charge in [-0.25, -0.2) is 0 Å². The third-order valence-electron chi connectivity index (χ3n) is 5.64. The summed E-state index contributed by atoms with van der Waals surface area (Å²) in [5.41, 5.74) is 0. The summed E-state index contributed by atoms with van der Waals surface area (Å²) >= 11 is 0. The molecule has 0 aromatic carbocycles. The number of likely N-dealkylation sites (tertiary alicyclic amines) is 1. The van der Waals surface area contributed by atoms with Crippen LogP contribution in [0.4, 0.5) is 0 Å². The lowest BCUT2D eigenvalue weighted by Gasteiger charge is -2.38. The third-order valence-corrected chi connectivity index (χ3v) is 5.64. The van der Waals surface area contributed by atoms with Gasteiger partial charge in [-0.3, -0.25) is 0 Å². The molecule has 1 N–H and O–H groups in total. The molecule has 0 aromatic rings. The molecule has 0 amide bonds. The first-order valence-electron chi connectivity index (χ1n) is 8.62. The molecule has 1 saturated carbocycles. The van der Waals surface area contributed by atoms with Gasteiger partial charge in [-0.05, 0) is 76.4 Å². The number of nitrogens with one attached hydrogen (secondary N) is 1. The lowest BCUT2D eigenvalue weighted by atomic mass is 9.76. The Bertz CT molecular complexity index is 254. The fourth-order valence-corrected chi connectivity index (χ4v) is 4.15. The maximum absolute atomic E-state index is 3.59. The summed E-state index contributed by atoms with van der Waals surface area (Å²) in [6.45, 7) is 8.82. The molecule has 2 fully saturated rings. The van der Waals surface area contributed by atoms with Crippen molar-refractivity contribution >= 4 is 0 Å². The van der Waals surface area contributed by atoms with Gasteiger partial charge in [0.05, 0.1) is 0 Å². The Morgan fingerprint density at radius 1 is 1.11 bits per heavy atom. The minimum Gasteiger partial charge on any atom is -0.317 e. The predicted molar refractivity (Wildman–Crippen MR) is 83.4 cm³/mol. The summed E-state index contributed by atoms with van der Waals surface area (Å²) in [6, 6.07) is 0.767. The monoisotopic (exact) mass is 266 g/mol. The van der Waals surface area contributed by atoms with Crippen molar-refractivity contribution in [2.45, 2.75) is 64.8 Å². The van der Waals surface area contributed by atoms with Crippen molar-refractivity contribution in [3.63, 3.8) is 0 Å². The van der Waals surface area contributed by atoms with Crippen molar-refractivity contribution in [1.29, 1.82) is 0 Å². The Hall–Kier alpha value is -0.0800. The van der Waals surface area contributed by atoms with Gasteiger partial charge in [-0.2, -0.15) is 0 Å². The van der Waals surface area contributed by atoms with E-state index in [1.54, 1.807) is 0 Å². The molecular formula is C17H34N2. The van der Waals surface area contributed by atoms with E-state index in [-0.39, 0.29) is 0 Å². The van der Waals surface area contributed by atoms with Crippen LogP contribution in [0.15, 0.2) is 0 Å². The van der Waals surface area contributed by atoms with Crippen LogP contribution in [0, 0.1) is 17.8 Å². The molecule has 1 aliphatic carbocycles. The van der Waals surface area contributed by atoms with E-state index in [4.69, 9.17) is 0 Å². The van der Waals surface area contributed by atoms with Gasteiger partial charge in [0, 0.05) is 12.6 Å². The first-order valence-corrected chi connectivity index (χ1v) is 8.62. The van der Waals surface area contributed by atoms with Crippen molar-refractivity contribution < 1.29 is 0 Å². The Morgan fingerprint density at radius 3 is 2.68 bits per heavy atom. The van der Waals surface area contributed by atoms with E-state index in [2.05, 4.69) is 31.1 Å². The standard InChI is InChI=1S/C17H34N2/c1-4-15-7-8-17(18-3)16(12-15)13-19-10-5-6-14(2)9-11-19/h14-18H,4-13H2,1-3H3. The first-order chi connectivity index (χ1) is 9.22. The van der Waals surface area contributed by atoms with Crippen molar-refractivity contribution in [1.82, 2.24) is 10.2 Å². The molecule has 19 heavy (non-hydrogen) atoms. The molecule has 1 saturated heterocycles. The van der Waals surface area contributed by atoms with Crippen LogP contribution in [-0.4, -0.2) is 37.6 Å². The molecule has 1 aliphatic heterocycles. The molecule has 0 spiro atoms. The van der Waals surface area contributed by atoms with Gasteiger partial charge in [0.25, 0.3) is 0 Å². The van der Waals surface area contributed by atoms with Crippen molar-refractivity contribution in [3.8, 4) is 0 Å². The highest BCUT2D eigenvalue weighted by Gasteiger charge is 2.30. The fraction of sp³-hybridized carbons (Fsp3) is 1.00. The Kier molecular flexibility index (Phi) is 6.15. The summed E-state index contributed by atoms with van der Waals surface area (Å²) < 4.78 is 0. The zero-order valence-corrected chi connectivity index (χ0v) is 13.3. The summed E-state index contributed by atoms with van der Waals surface area (Å²) in [4.78, 5) is 2.76. The highest BCUT2D eigenvalue weighted by Crippen LogP contribution is 2.32. The molecule has 0 aromatic heterocycles. The summed E-state index contributed by atoms with van der Waals surface area (Å²) in [5.74, 6) is 2.82. The van der Waals surface area contributed by atoms with Crippen LogP contribution in [0.3, 0.4) is 0 Å². The Balaban J connectivity index is 1.87. The van der Waals surface area contributed by atoms with E-state index in [9.17, 15) is 0 Å². The van der Waals surface area contributed by atoms with Crippen LogP contribution in [0.25, 0.3) is 0 Å². The van der Waals surface area contributed by atoms with E-state index in [0.717, 1.165) is 23.8 Å². The van der Waals surface area contributed by atoms with Crippen LogP contribution < -0.4 is 5.32 Å². The van der Waals surface area contributed by atoms with Crippen molar-refractivity contribution in [2.24, 2.45) is 17.8 Å². The molecule has 4 atom stereocenters. The second-order valence-corrected chi connectivity index (χ2v) is 7.08. The average molecular weight is 266 g/mol. The van der Waals surface area contributed by atoms with Gasteiger partial charge < -0.3 is 10.2 Å². The molecular weight excluding hydrogens is 232 g/mol. The molecule has 2 aliphatic rings. The smallest absolute Gasteiger partial charge is 0.0105 e. The lowest BCUT2D eigenvalue weighted by molar-refractivity contribution is 0.143. The van der Waals surface area contributed by atoms with Crippen LogP contribution in [0.5, 0.6) is 0 Å². The number of rotatable bonds is 4. The van der Waals surface area contributed by atoms with Crippen LogP contribution in [-0.2, 0) is 0 Å². The van der Waals surface area contributed by atoms with E-state index in [1.165, 1.54) is 64.6 Å². The van der Waals surface area contributed by atoms with Gasteiger partial charge in [0.15, 0.2) is 0 Å². The van der Waals surface area contributed by atoms with Crippen LogP contribution >= 0.6 is 0 Å². The van der Waals surface area contributed by atoms with Gasteiger partial charge in [0.2, 0.25) is 0 Å². The summed E-state index contributed by atoms with van der Waals surface area (Å²) in [6.07, 6.45) is 9.93. The number of nitrogens with zero attached hydrogens (tertiary/aromatic N) is 1. The topological polar surface area (TPSA) is 15.3 Å². The first kappa shape index (κ1) is 15.3. The quantitative estimate of drug-likeness (QED) is 0.837. The molecule has 0 bridgehead atoms. The van der Waals surface area contributed by atoms with E-state index >= 15 is 0 Å². The number of hydrogen-bond acceptors (Lipinski definition) is 2. The van der Waals surface area contributed by atoms with Crippen molar-refractivity contribution in [2.75, 3.05) is 26.7 Å². The van der Waals surface area contributed by atoms with Gasteiger partial charge in [0.1, 0.15) is 0 Å². The van der Waals surface area contributed by atoms with Gasteiger partial charge in [-0.15, -0.1) is 0 Å². The van der Waals surface area contributed by atoms with Crippen LogP contribution in [0.2, 0.25) is 0 Å². The van der Waals surface area contributed by atoms with Crippen molar-refractivity contribution in [3.05, 3.63) is 0 Å². The minimum absolute atomic E-state index is 0.767. The van der Waals surface area contributed by atoms with Crippen LogP contribution in [0.1, 0.15) is 58.8 Å². The summed E-state index contributed by atoms with van der Waals surface area (Å²) in [7, 11) is 2.16. The molecule has 1 heterocycles. The largest absolute Gasteiger partial charge is 0.317 e. The SMILES string of the molecule is CCC1CCC(NC)C(CN2CCCC(C)CC2)C1. The minimum atomic E-state index is 0.767. The fourth-order valence-electron chi connectivity index (χ4n) is 4.15. The van der Waals surface area contributed by atoms with Gasteiger partial charge in [-0.1, -0.05) is 20.3 Å². The average Bonchev–Trinajstić information content (AvgIpc) is 2.63. The highest BCUT2D eigenvalue weighted by molar-refractivity contribution is 4.86. The zero-order chi connectivity index (χ0) is 13.7. The maximum Gasteiger partial charge on any atom is 0.0105 e. The molecule has 2 rings (SSSR count). The molecule has 4 unspecified atom stereocenters. The van der Waals surface area contributed by atoms with Gasteiger partial charge >= 0.3 is 0 Å². The zero-order valence-electron chi connectivity index (χ0n) is 13.3. The van der Waals surface area contributed by atoms with E-state index in [1.807, 2.05) is 0 Å². The predicted octanol–water partition coefficient (Wildman–Crippen LogP) is 3.52. The second kappa shape index (κ2) is 7.64. The normalized spacial score (nSPS) is 38.1. The maximum atomic E-state index is 3.59. The Morgan fingerprint density at radius 2 is 1.95 bits per heavy atom. The molecule has 0 radical (unpaired) electrons. The van der Waals surface area contributed by atoms with E-state index in [0.29, 0.717) is 0 Å². The van der Waals surface area contributed by atoms with E-state index < -0.39 is 0 Å². The summed E-state index contributed by atoms with van der Waals surface area (Å²) in [5, 5.41) is 3.59. The number of hydrogen-bond donors (Lipinski definition) is 1. The second-order valence-electron chi connectivity index (χ2n) is 7.08. The highest BCUT2D eigenvalue weighted by atomic mass is 15.1. The Labute approximate surface area is 120 Å².